The van der Waals surface area contributed by atoms with E-state index in [-0.39, 0.29) is 18.0 Å². The minimum absolute atomic E-state index is 0.0470. The fourth-order valence-corrected chi connectivity index (χ4v) is 5.99. The zero-order chi connectivity index (χ0) is 22.9. The Morgan fingerprint density at radius 2 is 2.09 bits per heavy atom. The topological polar surface area (TPSA) is 103 Å². The number of allylic oxidation sites excluding steroid dienone is 2. The van der Waals surface area contributed by atoms with E-state index in [1.54, 1.807) is 18.3 Å². The number of hydrogen-bond donors (Lipinski definition) is 3. The van der Waals surface area contributed by atoms with Crippen LogP contribution in [0.3, 0.4) is 0 Å². The third kappa shape index (κ3) is 4.18. The number of carbonyl (C=O) groups excluding carboxylic acids is 2. The third-order valence-electron chi connectivity index (χ3n) is 6.39. The van der Waals surface area contributed by atoms with Gasteiger partial charge in [-0.2, -0.15) is 0 Å². The zero-order valence-corrected chi connectivity index (χ0v) is 19.3. The molecule has 0 spiro atoms. The van der Waals surface area contributed by atoms with E-state index >= 15 is 0 Å². The molecule has 0 bridgehead atoms. The second-order valence-corrected chi connectivity index (χ2v) is 10.6. The van der Waals surface area contributed by atoms with Crippen LogP contribution in [0.15, 0.2) is 65.1 Å². The number of nitrogens with zero attached hydrogens (tertiary/aromatic N) is 3. The first kappa shape index (κ1) is 21.5. The number of pyridine rings is 1. The van der Waals surface area contributed by atoms with Gasteiger partial charge in [0.1, 0.15) is 5.69 Å². The first-order valence-corrected chi connectivity index (χ1v) is 13.0. The van der Waals surface area contributed by atoms with Crippen LogP contribution in [0.25, 0.3) is 22.6 Å². The number of hydrogen-bond acceptors (Lipinski definition) is 4. The molecule has 2 aromatic heterocycles. The number of rotatable bonds is 5. The number of amides is 2. The Labute approximate surface area is 195 Å². The van der Waals surface area contributed by atoms with Gasteiger partial charge >= 0.3 is 0 Å². The lowest BCUT2D eigenvalue weighted by Gasteiger charge is -2.32. The van der Waals surface area contributed by atoms with Gasteiger partial charge in [-0.1, -0.05) is 12.1 Å². The molecule has 3 N–H and O–H groups in total. The molecule has 1 fully saturated rings. The standard InChI is InChI=1S/C25H27N5O2S/c1-33-13-5-9-22(33)25(32)28-17-6-4-7-18(15-17)30-21-11-10-16(23(26)31)14-20(21)29-24(30)19-8-2-3-12-27-19/h2-3,5,8-14,17-18,33H,4,6-7,15H2,1H3,(H2,26,31)(H,28,32). The van der Waals surface area contributed by atoms with Crippen molar-refractivity contribution in [1.82, 2.24) is 19.9 Å². The summed E-state index contributed by atoms with van der Waals surface area (Å²) in [6, 6.07) is 11.4. The van der Waals surface area contributed by atoms with E-state index in [1.165, 1.54) is 0 Å². The monoisotopic (exact) mass is 461 g/mol. The van der Waals surface area contributed by atoms with Crippen molar-refractivity contribution in [2.45, 2.75) is 37.8 Å². The van der Waals surface area contributed by atoms with E-state index in [0.717, 1.165) is 53.1 Å². The lowest BCUT2D eigenvalue weighted by Crippen LogP contribution is -2.39. The first-order valence-electron chi connectivity index (χ1n) is 11.2. The lowest BCUT2D eigenvalue weighted by molar-refractivity contribution is -0.117. The summed E-state index contributed by atoms with van der Waals surface area (Å²) in [7, 11) is -0.502. The molecule has 3 aromatic rings. The highest BCUT2D eigenvalue weighted by atomic mass is 32.2. The van der Waals surface area contributed by atoms with Crippen LogP contribution in [0.4, 0.5) is 0 Å². The van der Waals surface area contributed by atoms with E-state index in [1.807, 2.05) is 36.4 Å². The number of primary amides is 1. The number of aromatic nitrogens is 3. The Hall–Kier alpha value is -3.39. The highest BCUT2D eigenvalue weighted by Gasteiger charge is 2.29. The quantitative estimate of drug-likeness (QED) is 0.502. The van der Waals surface area contributed by atoms with E-state index in [4.69, 9.17) is 10.7 Å². The van der Waals surface area contributed by atoms with Gasteiger partial charge in [-0.15, -0.1) is 0 Å². The van der Waals surface area contributed by atoms with Crippen molar-refractivity contribution in [1.29, 1.82) is 0 Å². The van der Waals surface area contributed by atoms with Crippen LogP contribution in [-0.2, 0) is 4.79 Å². The van der Waals surface area contributed by atoms with E-state index < -0.39 is 16.8 Å². The molecule has 1 saturated carbocycles. The summed E-state index contributed by atoms with van der Waals surface area (Å²) in [6.45, 7) is 0. The number of thiol groups is 1. The molecule has 3 unspecified atom stereocenters. The fraction of sp³-hybridized carbons (Fsp3) is 0.280. The summed E-state index contributed by atoms with van der Waals surface area (Å²) in [5.74, 6) is 0.340. The van der Waals surface area contributed by atoms with E-state index in [9.17, 15) is 9.59 Å². The van der Waals surface area contributed by atoms with Crippen molar-refractivity contribution >= 4 is 33.7 Å². The number of nitrogens with two attached hydrogens (primary N) is 1. The molecular formula is C25H27N5O2S. The van der Waals surface area contributed by atoms with Gasteiger partial charge < -0.3 is 15.6 Å². The second kappa shape index (κ2) is 8.86. The molecule has 1 aromatic carbocycles. The molecule has 3 heterocycles. The summed E-state index contributed by atoms with van der Waals surface area (Å²) in [6.07, 6.45) is 11.5. The van der Waals surface area contributed by atoms with Crippen LogP contribution in [0.2, 0.25) is 0 Å². The van der Waals surface area contributed by atoms with Crippen LogP contribution in [0.1, 0.15) is 42.1 Å². The molecule has 2 amide bonds. The maximum absolute atomic E-state index is 12.8. The van der Waals surface area contributed by atoms with Crippen molar-refractivity contribution in [3.8, 4) is 11.5 Å². The van der Waals surface area contributed by atoms with Crippen molar-refractivity contribution in [2.75, 3.05) is 6.26 Å². The smallest absolute Gasteiger partial charge is 0.256 e. The summed E-state index contributed by atoms with van der Waals surface area (Å²) in [5.41, 5.74) is 8.37. The van der Waals surface area contributed by atoms with Gasteiger partial charge in [0, 0.05) is 23.8 Å². The number of fused-ring (bicyclic) bond motifs is 1. The third-order valence-corrected chi connectivity index (χ3v) is 8.12. The number of nitrogens with one attached hydrogen (secondary N) is 1. The van der Waals surface area contributed by atoms with Gasteiger partial charge in [-0.3, -0.25) is 14.6 Å². The Bertz CT molecular complexity index is 1280. The highest BCUT2D eigenvalue weighted by molar-refractivity contribution is 8.23. The summed E-state index contributed by atoms with van der Waals surface area (Å²) < 4.78 is 2.23. The fourth-order valence-electron chi connectivity index (χ4n) is 4.78. The average molecular weight is 462 g/mol. The average Bonchev–Trinajstić information content (AvgIpc) is 3.43. The Kier molecular flexibility index (Phi) is 5.76. The van der Waals surface area contributed by atoms with Crippen molar-refractivity contribution in [2.24, 2.45) is 5.73 Å². The van der Waals surface area contributed by atoms with Crippen molar-refractivity contribution < 1.29 is 9.59 Å². The molecule has 8 heteroatoms. The van der Waals surface area contributed by atoms with Crippen LogP contribution in [0.5, 0.6) is 0 Å². The minimum atomic E-state index is -0.502. The first-order chi connectivity index (χ1) is 16.0. The Morgan fingerprint density at radius 1 is 1.21 bits per heavy atom. The minimum Gasteiger partial charge on any atom is -0.366 e. The number of carbonyl (C=O) groups is 2. The summed E-state index contributed by atoms with van der Waals surface area (Å²) in [4.78, 5) is 34.8. The van der Waals surface area contributed by atoms with Gasteiger partial charge in [0.25, 0.3) is 5.91 Å². The molecule has 2 aliphatic rings. The summed E-state index contributed by atoms with van der Waals surface area (Å²) >= 11 is 0. The van der Waals surface area contributed by atoms with Crippen molar-refractivity contribution in [3.63, 3.8) is 0 Å². The highest BCUT2D eigenvalue weighted by Crippen LogP contribution is 2.39. The predicted octanol–water partition coefficient (Wildman–Crippen LogP) is 3.84. The maximum atomic E-state index is 12.8. The Morgan fingerprint density at radius 3 is 2.82 bits per heavy atom. The SMILES string of the molecule is C[SH]1C=CC=C1C(=O)NC1CCCC(n2c(-c3ccccn3)nc3cc(C(N)=O)ccc32)C1. The predicted molar refractivity (Wildman–Crippen MR) is 133 cm³/mol. The lowest BCUT2D eigenvalue weighted by atomic mass is 9.90. The molecule has 1 aliphatic heterocycles. The molecule has 0 radical (unpaired) electrons. The second-order valence-electron chi connectivity index (χ2n) is 8.58. The van der Waals surface area contributed by atoms with Crippen LogP contribution in [0, 0.1) is 0 Å². The number of benzene rings is 1. The molecule has 33 heavy (non-hydrogen) atoms. The van der Waals surface area contributed by atoms with Gasteiger partial charge in [-0.25, -0.2) is 15.9 Å². The van der Waals surface area contributed by atoms with Gasteiger partial charge in [-0.05, 0) is 73.8 Å². The Balaban J connectivity index is 1.48. The molecule has 5 rings (SSSR count). The number of imidazole rings is 1. The largest absolute Gasteiger partial charge is 0.366 e. The van der Waals surface area contributed by atoms with E-state index in [0.29, 0.717) is 5.56 Å². The normalized spacial score (nSPS) is 23.4. The summed E-state index contributed by atoms with van der Waals surface area (Å²) in [5, 5.41) is 5.38. The van der Waals surface area contributed by atoms with Crippen LogP contribution < -0.4 is 11.1 Å². The molecular weight excluding hydrogens is 434 g/mol. The molecule has 170 valence electrons. The van der Waals surface area contributed by atoms with E-state index in [2.05, 4.69) is 26.5 Å². The van der Waals surface area contributed by atoms with Crippen LogP contribution in [-0.4, -0.2) is 38.6 Å². The van der Waals surface area contributed by atoms with Gasteiger partial charge in [0.2, 0.25) is 5.91 Å². The molecule has 3 atom stereocenters. The van der Waals surface area contributed by atoms with Crippen molar-refractivity contribution in [3.05, 3.63) is 70.6 Å². The van der Waals surface area contributed by atoms with Gasteiger partial charge in [0.15, 0.2) is 5.82 Å². The van der Waals surface area contributed by atoms with Gasteiger partial charge in [0.05, 0.1) is 15.9 Å². The van der Waals surface area contributed by atoms with Crippen LogP contribution >= 0.6 is 10.9 Å². The zero-order valence-electron chi connectivity index (χ0n) is 18.4. The molecule has 1 aliphatic carbocycles. The maximum Gasteiger partial charge on any atom is 0.256 e. The molecule has 0 saturated heterocycles. The molecule has 7 nitrogen and oxygen atoms in total.